The van der Waals surface area contributed by atoms with Crippen molar-refractivity contribution in [1.29, 1.82) is 0 Å². The van der Waals surface area contributed by atoms with Gasteiger partial charge in [-0.25, -0.2) is 0 Å². The van der Waals surface area contributed by atoms with Crippen molar-refractivity contribution in [3.05, 3.63) is 0 Å². The fraction of sp³-hybridized carbons (Fsp3) is 0.935. The van der Waals surface area contributed by atoms with Crippen LogP contribution in [-0.2, 0) is 28.5 Å². The lowest BCUT2D eigenvalue weighted by atomic mass is 9.74. The molecule has 0 amide bonds. The molecule has 0 spiro atoms. The van der Waals surface area contributed by atoms with E-state index < -0.39 is 71.5 Å². The van der Waals surface area contributed by atoms with E-state index in [1.807, 2.05) is 27.9 Å². The summed E-state index contributed by atoms with van der Waals surface area (Å²) in [5.41, 5.74) is -2.97. The molecule has 2 rings (SSSR count). The molecule has 0 aromatic heterocycles. The Hall–Kier alpha value is -1.14. The largest absolute Gasteiger partial charge is 0.459 e. The van der Waals surface area contributed by atoms with E-state index in [4.69, 9.17) is 18.9 Å². The number of carbonyl (C=O) groups excluding carboxylic acids is 2. The first-order chi connectivity index (χ1) is 18.8. The summed E-state index contributed by atoms with van der Waals surface area (Å²) in [6.45, 7) is 15.7. The second-order valence-corrected chi connectivity index (χ2v) is 13.5. The second-order valence-electron chi connectivity index (χ2n) is 13.5. The molecule has 10 nitrogen and oxygen atoms in total. The number of carbonyl (C=O) groups is 2. The zero-order valence-electron chi connectivity index (χ0n) is 27.3. The van der Waals surface area contributed by atoms with Crippen LogP contribution < -0.4 is 0 Å². The second kappa shape index (κ2) is 14.1. The first-order valence-corrected chi connectivity index (χ1v) is 15.2. The average Bonchev–Trinajstić information content (AvgIpc) is 2.92. The zero-order chi connectivity index (χ0) is 31.6. The normalized spacial score (nSPS) is 47.6. The monoisotopic (exact) mass is 587 g/mol. The summed E-state index contributed by atoms with van der Waals surface area (Å²) in [4.78, 5) is 29.1. The van der Waals surface area contributed by atoms with Gasteiger partial charge in [-0.1, -0.05) is 34.6 Å². The lowest BCUT2D eigenvalue weighted by Gasteiger charge is -2.48. The van der Waals surface area contributed by atoms with Crippen LogP contribution in [0.15, 0.2) is 0 Å². The number of ether oxygens (including phenoxy) is 4. The van der Waals surface area contributed by atoms with Crippen molar-refractivity contribution in [2.24, 2.45) is 29.6 Å². The number of nitrogens with zero attached hydrogens (tertiary/aromatic N) is 1. The van der Waals surface area contributed by atoms with Crippen LogP contribution >= 0.6 is 0 Å². The molecule has 0 unspecified atom stereocenters. The Balaban J connectivity index is 2.60. The molecule has 2 heterocycles. The summed E-state index contributed by atoms with van der Waals surface area (Å²) in [5, 5.41) is 34.0. The quantitative estimate of drug-likeness (QED) is 0.412. The molecule has 0 aromatic carbocycles. The Kier molecular flexibility index (Phi) is 12.4. The van der Waals surface area contributed by atoms with Crippen LogP contribution in [0.1, 0.15) is 81.6 Å². The maximum absolute atomic E-state index is 13.6. The molecule has 14 atom stereocenters. The van der Waals surface area contributed by atoms with E-state index in [2.05, 4.69) is 11.8 Å². The third kappa shape index (κ3) is 7.69. The molecule has 0 saturated carbocycles. The Bertz CT molecular complexity index is 882. The van der Waals surface area contributed by atoms with Gasteiger partial charge >= 0.3 is 5.97 Å². The van der Waals surface area contributed by atoms with Gasteiger partial charge in [-0.3, -0.25) is 9.59 Å². The summed E-state index contributed by atoms with van der Waals surface area (Å²) in [5.74, 6) is -4.13. The summed E-state index contributed by atoms with van der Waals surface area (Å²) < 4.78 is 24.8. The topological polar surface area (TPSA) is 135 Å². The molecule has 2 aliphatic heterocycles. The number of cyclic esters (lactones) is 1. The minimum atomic E-state index is -1.88. The van der Waals surface area contributed by atoms with Crippen LogP contribution in [0, 0.1) is 29.6 Å². The summed E-state index contributed by atoms with van der Waals surface area (Å²) >= 11 is 0. The molecule has 3 N–H and O–H groups in total. The molecule has 2 fully saturated rings. The van der Waals surface area contributed by atoms with Gasteiger partial charge in [-0.15, -0.1) is 0 Å². The highest BCUT2D eigenvalue weighted by Gasteiger charge is 2.51. The maximum atomic E-state index is 13.6. The molecule has 2 saturated heterocycles. The Morgan fingerprint density at radius 2 is 1.59 bits per heavy atom. The first-order valence-electron chi connectivity index (χ1n) is 15.2. The highest BCUT2D eigenvalue weighted by atomic mass is 16.7. The van der Waals surface area contributed by atoms with Gasteiger partial charge in [0.15, 0.2) is 6.29 Å². The number of esters is 1. The van der Waals surface area contributed by atoms with E-state index in [9.17, 15) is 24.9 Å². The van der Waals surface area contributed by atoms with Gasteiger partial charge in [0.2, 0.25) is 0 Å². The Morgan fingerprint density at radius 3 is 2.10 bits per heavy atom. The fourth-order valence-corrected chi connectivity index (χ4v) is 6.91. The highest BCUT2D eigenvalue weighted by Crippen LogP contribution is 2.40. The molecule has 2 aliphatic rings. The average molecular weight is 588 g/mol. The minimum Gasteiger partial charge on any atom is -0.459 e. The van der Waals surface area contributed by atoms with Crippen LogP contribution in [0.3, 0.4) is 0 Å². The van der Waals surface area contributed by atoms with E-state index in [1.165, 1.54) is 6.92 Å². The number of hydrogen-bond acceptors (Lipinski definition) is 10. The minimum absolute atomic E-state index is 0.0103. The van der Waals surface area contributed by atoms with Gasteiger partial charge in [0, 0.05) is 36.8 Å². The van der Waals surface area contributed by atoms with Gasteiger partial charge in [-0.2, -0.15) is 0 Å². The summed E-state index contributed by atoms with van der Waals surface area (Å²) in [6, 6.07) is 0.201. The first kappa shape index (κ1) is 36.1. The number of hydrogen-bond donors (Lipinski definition) is 3. The van der Waals surface area contributed by atoms with Crippen LogP contribution in [0.25, 0.3) is 0 Å². The van der Waals surface area contributed by atoms with Crippen molar-refractivity contribution >= 4 is 11.8 Å². The molecular formula is C31H57NO9. The van der Waals surface area contributed by atoms with E-state index in [1.54, 1.807) is 41.7 Å². The van der Waals surface area contributed by atoms with E-state index in [0.29, 0.717) is 0 Å². The predicted octanol–water partition coefficient (Wildman–Crippen LogP) is 2.79. The Morgan fingerprint density at radius 1 is 1.00 bits per heavy atom. The molecule has 10 heteroatoms. The lowest BCUT2D eigenvalue weighted by molar-refractivity contribution is -0.288. The molecule has 0 aliphatic carbocycles. The van der Waals surface area contributed by atoms with Crippen LogP contribution in [0.5, 0.6) is 0 Å². The highest BCUT2D eigenvalue weighted by molar-refractivity contribution is 5.83. The smallest absolute Gasteiger partial charge is 0.311 e. The van der Waals surface area contributed by atoms with Crippen LogP contribution in [0.4, 0.5) is 0 Å². The van der Waals surface area contributed by atoms with Crippen LogP contribution in [0.2, 0.25) is 0 Å². The van der Waals surface area contributed by atoms with Gasteiger partial charge in [0.25, 0.3) is 0 Å². The summed E-state index contributed by atoms with van der Waals surface area (Å²) in [7, 11) is 5.60. The molecular weight excluding hydrogens is 530 g/mol. The number of aliphatic hydroxyl groups is 3. The number of Topliss-reactive ketones (excluding diaryl/α,β-unsaturated/α-hetero) is 1. The van der Waals surface area contributed by atoms with Gasteiger partial charge in [0.1, 0.15) is 17.5 Å². The van der Waals surface area contributed by atoms with Crippen molar-refractivity contribution in [2.45, 2.75) is 136 Å². The zero-order valence-corrected chi connectivity index (χ0v) is 27.3. The SMILES string of the molecule is CC[C@H]1OC(=O)[C@H](C)[C@@H](O)[C@H](C)[C@@H](O[C@@H]2O[C@H](C)C[C@H](N(C)C)[C@H]2C)[C@](C)(OC)C[C@@H](C)C(=O)[C@H](C)[C@@H](O)[C@]1(C)O. The summed E-state index contributed by atoms with van der Waals surface area (Å²) in [6.07, 6.45) is -3.97. The molecule has 0 aromatic rings. The molecule has 41 heavy (non-hydrogen) atoms. The molecule has 0 bridgehead atoms. The van der Waals surface area contributed by atoms with Crippen molar-refractivity contribution in [3.8, 4) is 0 Å². The fourth-order valence-electron chi connectivity index (χ4n) is 6.91. The Labute approximate surface area is 247 Å². The number of aliphatic hydroxyl groups excluding tert-OH is 2. The maximum Gasteiger partial charge on any atom is 0.311 e. The molecule has 240 valence electrons. The van der Waals surface area contributed by atoms with Gasteiger partial charge in [-0.05, 0) is 61.1 Å². The van der Waals surface area contributed by atoms with Crippen LogP contribution in [-0.4, -0.2) is 107 Å². The number of methoxy groups -OCH3 is 1. The number of rotatable bonds is 5. The number of ketones is 1. The third-order valence-electron chi connectivity index (χ3n) is 9.89. The van der Waals surface area contributed by atoms with Crippen molar-refractivity contribution < 1.29 is 43.9 Å². The predicted molar refractivity (Wildman–Crippen MR) is 155 cm³/mol. The molecule has 0 radical (unpaired) electrons. The van der Waals surface area contributed by atoms with E-state index in [0.717, 1.165) is 6.42 Å². The third-order valence-corrected chi connectivity index (χ3v) is 9.89. The lowest BCUT2D eigenvalue weighted by Crippen LogP contribution is -2.59. The van der Waals surface area contributed by atoms with E-state index >= 15 is 0 Å². The van der Waals surface area contributed by atoms with Crippen molar-refractivity contribution in [3.63, 3.8) is 0 Å². The van der Waals surface area contributed by atoms with Crippen molar-refractivity contribution in [2.75, 3.05) is 21.2 Å². The standard InChI is InChI=1S/C31H57NO9/c1-13-23-31(9,37)26(35)19(5)24(33)16(2)15-30(8,38-12)27(20(6)25(34)21(7)28(36)40-23)41-29-18(4)22(32(10)11)14-17(3)39-29/h16-23,25-27,29,34-35,37H,13-15H2,1-12H3/t16-,17-,18-,19+,20+,21-,22+,23-,25+,26-,27-,29+,30-,31-/m1/s1. The van der Waals surface area contributed by atoms with Crippen molar-refractivity contribution in [1.82, 2.24) is 4.90 Å². The van der Waals surface area contributed by atoms with Gasteiger partial charge < -0.3 is 39.2 Å². The van der Waals surface area contributed by atoms with Gasteiger partial charge in [0.05, 0.1) is 35.9 Å². The van der Waals surface area contributed by atoms with E-state index in [-0.39, 0.29) is 36.7 Å².